The molecule has 2 rings (SSSR count). The maximum absolute atomic E-state index is 12.6. The van der Waals surface area contributed by atoms with E-state index in [1.54, 1.807) is 4.68 Å². The van der Waals surface area contributed by atoms with Crippen LogP contribution in [0.15, 0.2) is 6.07 Å². The first-order valence-electron chi connectivity index (χ1n) is 7.42. The lowest BCUT2D eigenvalue weighted by molar-refractivity contribution is 0.0749. The van der Waals surface area contributed by atoms with Gasteiger partial charge >= 0.3 is 0 Å². The number of hydrogen-bond acceptors (Lipinski definition) is 4. The van der Waals surface area contributed by atoms with Gasteiger partial charge in [-0.05, 0) is 32.9 Å². The van der Waals surface area contributed by atoms with Crippen LogP contribution in [-0.2, 0) is 6.54 Å². The predicted octanol–water partition coefficient (Wildman–Crippen LogP) is 0.318. The molecule has 1 aliphatic heterocycles. The van der Waals surface area contributed by atoms with Gasteiger partial charge in [-0.25, -0.2) is 0 Å². The van der Waals surface area contributed by atoms with Crippen molar-refractivity contribution in [3.8, 4) is 0 Å². The van der Waals surface area contributed by atoms with Crippen molar-refractivity contribution in [1.82, 2.24) is 19.6 Å². The molecule has 0 atom stereocenters. The second-order valence-corrected chi connectivity index (χ2v) is 5.26. The lowest BCUT2D eigenvalue weighted by Crippen LogP contribution is -2.37. The first-order valence-corrected chi connectivity index (χ1v) is 7.42. The van der Waals surface area contributed by atoms with Gasteiger partial charge in [0.25, 0.3) is 5.91 Å². The van der Waals surface area contributed by atoms with Crippen molar-refractivity contribution in [3.05, 3.63) is 17.5 Å². The number of hydrogen-bond donors (Lipinski definition) is 1. The van der Waals surface area contributed by atoms with E-state index in [0.29, 0.717) is 12.2 Å². The summed E-state index contributed by atoms with van der Waals surface area (Å²) < 4.78 is 1.79. The van der Waals surface area contributed by atoms with E-state index in [4.69, 9.17) is 5.73 Å². The van der Waals surface area contributed by atoms with Crippen LogP contribution in [0.2, 0.25) is 0 Å². The number of aryl methyl sites for hydroxylation is 2. The second-order valence-electron chi connectivity index (χ2n) is 5.26. The zero-order valence-corrected chi connectivity index (χ0v) is 12.5. The minimum absolute atomic E-state index is 0.0991. The summed E-state index contributed by atoms with van der Waals surface area (Å²) >= 11 is 0. The van der Waals surface area contributed by atoms with Crippen LogP contribution in [0.3, 0.4) is 0 Å². The molecule has 0 radical (unpaired) electrons. The Hall–Kier alpha value is -1.40. The molecule has 0 aromatic carbocycles. The van der Waals surface area contributed by atoms with Crippen LogP contribution in [0.1, 0.15) is 29.5 Å². The van der Waals surface area contributed by atoms with Gasteiger partial charge in [-0.2, -0.15) is 5.10 Å². The molecule has 0 bridgehead atoms. The average Bonchev–Trinajstić information content (AvgIpc) is 2.66. The van der Waals surface area contributed by atoms with Crippen molar-refractivity contribution in [2.75, 3.05) is 39.3 Å². The molecule has 0 saturated carbocycles. The van der Waals surface area contributed by atoms with Gasteiger partial charge in [0.15, 0.2) is 0 Å². The number of carbonyl (C=O) groups is 1. The fourth-order valence-corrected chi connectivity index (χ4v) is 2.70. The van der Waals surface area contributed by atoms with Gasteiger partial charge in [0.1, 0.15) is 5.69 Å². The van der Waals surface area contributed by atoms with Crippen LogP contribution >= 0.6 is 0 Å². The molecule has 6 nitrogen and oxygen atoms in total. The molecule has 2 N–H and O–H groups in total. The van der Waals surface area contributed by atoms with Crippen LogP contribution in [0.4, 0.5) is 0 Å². The topological polar surface area (TPSA) is 67.4 Å². The summed E-state index contributed by atoms with van der Waals surface area (Å²) in [5.41, 5.74) is 7.21. The molecular formula is C14H25N5O. The molecule has 0 spiro atoms. The molecule has 1 saturated heterocycles. The van der Waals surface area contributed by atoms with Crippen molar-refractivity contribution in [1.29, 1.82) is 0 Å². The van der Waals surface area contributed by atoms with Crippen molar-refractivity contribution in [2.45, 2.75) is 26.8 Å². The third-order valence-corrected chi connectivity index (χ3v) is 3.74. The first kappa shape index (κ1) is 15.0. The molecule has 6 heteroatoms. The minimum Gasteiger partial charge on any atom is -0.336 e. The van der Waals surface area contributed by atoms with Crippen LogP contribution in [0, 0.1) is 6.92 Å². The lowest BCUT2D eigenvalue weighted by atomic mass is 10.3. The molecule has 1 aromatic heterocycles. The fourth-order valence-electron chi connectivity index (χ4n) is 2.70. The van der Waals surface area contributed by atoms with Crippen molar-refractivity contribution < 1.29 is 4.79 Å². The van der Waals surface area contributed by atoms with Crippen molar-refractivity contribution >= 4 is 5.91 Å². The van der Waals surface area contributed by atoms with E-state index in [-0.39, 0.29) is 5.91 Å². The molecular weight excluding hydrogens is 254 g/mol. The number of nitrogens with zero attached hydrogens (tertiary/aromatic N) is 4. The molecule has 0 unspecified atom stereocenters. The van der Waals surface area contributed by atoms with E-state index in [0.717, 1.165) is 51.4 Å². The predicted molar refractivity (Wildman–Crippen MR) is 78.7 cm³/mol. The van der Waals surface area contributed by atoms with Gasteiger partial charge in [0.05, 0.1) is 5.69 Å². The quantitative estimate of drug-likeness (QED) is 0.862. The van der Waals surface area contributed by atoms with Crippen LogP contribution < -0.4 is 5.73 Å². The van der Waals surface area contributed by atoms with E-state index >= 15 is 0 Å². The molecule has 20 heavy (non-hydrogen) atoms. The molecule has 1 aliphatic rings. The smallest absolute Gasteiger partial charge is 0.272 e. The van der Waals surface area contributed by atoms with Gasteiger partial charge in [-0.15, -0.1) is 0 Å². The van der Waals surface area contributed by atoms with E-state index in [1.807, 2.05) is 24.8 Å². The monoisotopic (exact) mass is 279 g/mol. The highest BCUT2D eigenvalue weighted by Crippen LogP contribution is 2.11. The Morgan fingerprint density at radius 3 is 2.85 bits per heavy atom. The van der Waals surface area contributed by atoms with Gasteiger partial charge < -0.3 is 15.5 Å². The third-order valence-electron chi connectivity index (χ3n) is 3.74. The molecule has 1 amide bonds. The van der Waals surface area contributed by atoms with Crippen LogP contribution in [0.5, 0.6) is 0 Å². The largest absolute Gasteiger partial charge is 0.336 e. The standard InChI is InChI=1S/C14H25N5O/c1-3-19-13(11-12(2)16-19)14(20)18-7-4-6-17(8-5-15)9-10-18/h11H,3-10,15H2,1-2H3. The van der Waals surface area contributed by atoms with Crippen LogP contribution in [-0.4, -0.2) is 64.8 Å². The van der Waals surface area contributed by atoms with Crippen molar-refractivity contribution in [3.63, 3.8) is 0 Å². The summed E-state index contributed by atoms with van der Waals surface area (Å²) in [6.45, 7) is 9.75. The summed E-state index contributed by atoms with van der Waals surface area (Å²) in [6, 6.07) is 1.88. The molecule has 112 valence electrons. The summed E-state index contributed by atoms with van der Waals surface area (Å²) in [5, 5.41) is 4.36. The number of rotatable bonds is 4. The Kier molecular flexibility index (Phi) is 5.14. The Labute approximate surface area is 120 Å². The zero-order chi connectivity index (χ0) is 14.5. The van der Waals surface area contributed by atoms with E-state index in [1.165, 1.54) is 0 Å². The number of aromatic nitrogens is 2. The second kappa shape index (κ2) is 6.85. The third kappa shape index (κ3) is 3.37. The Morgan fingerprint density at radius 2 is 2.15 bits per heavy atom. The molecule has 0 aliphatic carbocycles. The summed E-state index contributed by atoms with van der Waals surface area (Å²) in [5.74, 6) is 0.0991. The molecule has 1 fully saturated rings. The summed E-state index contributed by atoms with van der Waals surface area (Å²) in [4.78, 5) is 16.9. The SMILES string of the molecule is CCn1nc(C)cc1C(=O)N1CCCN(CCN)CC1. The van der Waals surface area contributed by atoms with Gasteiger partial charge in [0.2, 0.25) is 0 Å². The first-order chi connectivity index (χ1) is 9.65. The highest BCUT2D eigenvalue weighted by Gasteiger charge is 2.22. The maximum atomic E-state index is 12.6. The number of nitrogens with two attached hydrogens (primary N) is 1. The maximum Gasteiger partial charge on any atom is 0.272 e. The van der Waals surface area contributed by atoms with Crippen LogP contribution in [0.25, 0.3) is 0 Å². The lowest BCUT2D eigenvalue weighted by Gasteiger charge is -2.21. The number of carbonyl (C=O) groups excluding carboxylic acids is 1. The average molecular weight is 279 g/mol. The highest BCUT2D eigenvalue weighted by atomic mass is 16.2. The van der Waals surface area contributed by atoms with Crippen molar-refractivity contribution in [2.24, 2.45) is 5.73 Å². The minimum atomic E-state index is 0.0991. The Balaban J connectivity index is 2.05. The van der Waals surface area contributed by atoms with E-state index in [2.05, 4.69) is 10.00 Å². The molecule has 1 aromatic rings. The summed E-state index contributed by atoms with van der Waals surface area (Å²) in [7, 11) is 0. The molecule has 2 heterocycles. The normalized spacial score (nSPS) is 17.2. The number of amides is 1. The van der Waals surface area contributed by atoms with E-state index in [9.17, 15) is 4.79 Å². The van der Waals surface area contributed by atoms with Gasteiger partial charge in [-0.3, -0.25) is 9.48 Å². The highest BCUT2D eigenvalue weighted by molar-refractivity contribution is 5.92. The van der Waals surface area contributed by atoms with Gasteiger partial charge in [0, 0.05) is 39.3 Å². The van der Waals surface area contributed by atoms with E-state index < -0.39 is 0 Å². The fraction of sp³-hybridized carbons (Fsp3) is 0.714. The summed E-state index contributed by atoms with van der Waals surface area (Å²) in [6.07, 6.45) is 1.00. The van der Waals surface area contributed by atoms with Gasteiger partial charge in [-0.1, -0.05) is 0 Å². The zero-order valence-electron chi connectivity index (χ0n) is 12.5. The Morgan fingerprint density at radius 1 is 1.35 bits per heavy atom. The Bertz CT molecular complexity index is 456.